The number of hydrogen-bond donors (Lipinski definition) is 0. The Labute approximate surface area is 101 Å². The summed E-state index contributed by atoms with van der Waals surface area (Å²) in [5, 5.41) is 4.08. The van der Waals surface area contributed by atoms with Gasteiger partial charge in [0.15, 0.2) is 0 Å². The van der Waals surface area contributed by atoms with Gasteiger partial charge in [-0.3, -0.25) is 4.79 Å². The molecular weight excluding hydrogens is 242 g/mol. The summed E-state index contributed by atoms with van der Waals surface area (Å²) in [7, 11) is 0. The van der Waals surface area contributed by atoms with E-state index in [9.17, 15) is 9.59 Å². The van der Waals surface area contributed by atoms with Crippen molar-refractivity contribution in [2.75, 3.05) is 6.61 Å². The van der Waals surface area contributed by atoms with E-state index in [1.165, 1.54) is 4.52 Å². The summed E-state index contributed by atoms with van der Waals surface area (Å²) in [6.07, 6.45) is 0. The lowest BCUT2D eigenvalue weighted by Crippen LogP contribution is -2.15. The number of rotatable bonds is 2. The Morgan fingerprint density at radius 3 is 2.82 bits per heavy atom. The van der Waals surface area contributed by atoms with E-state index < -0.39 is 5.97 Å². The predicted molar refractivity (Wildman–Crippen MR) is 62.6 cm³/mol. The van der Waals surface area contributed by atoms with E-state index in [0.29, 0.717) is 27.8 Å². The standard InChI is InChI=1S/C10H11N3O3S/c1-4-16-9(15)7-6(3)13-10(17-7)11-8(14)5(2)12-13/h4H2,1-3H3. The molecule has 0 fully saturated rings. The van der Waals surface area contributed by atoms with Gasteiger partial charge in [-0.15, -0.1) is 0 Å². The monoisotopic (exact) mass is 253 g/mol. The van der Waals surface area contributed by atoms with Crippen LogP contribution in [0, 0.1) is 13.8 Å². The summed E-state index contributed by atoms with van der Waals surface area (Å²) >= 11 is 1.11. The van der Waals surface area contributed by atoms with Gasteiger partial charge in [-0.2, -0.15) is 10.1 Å². The van der Waals surface area contributed by atoms with E-state index in [-0.39, 0.29) is 5.56 Å². The SMILES string of the molecule is CCOC(=O)c1sc2nc(=O)c(C)nn2c1C. The Balaban J connectivity index is 2.64. The number of nitrogens with zero attached hydrogens (tertiary/aromatic N) is 3. The third-order valence-corrected chi connectivity index (χ3v) is 3.35. The first-order chi connectivity index (χ1) is 8.04. The molecule has 7 heteroatoms. The van der Waals surface area contributed by atoms with Crippen molar-refractivity contribution < 1.29 is 9.53 Å². The maximum absolute atomic E-state index is 11.6. The Morgan fingerprint density at radius 1 is 1.47 bits per heavy atom. The lowest BCUT2D eigenvalue weighted by atomic mass is 10.4. The molecule has 0 bridgehead atoms. The number of aryl methyl sites for hydroxylation is 2. The number of ether oxygens (including phenoxy) is 1. The minimum atomic E-state index is -0.410. The topological polar surface area (TPSA) is 73.6 Å². The van der Waals surface area contributed by atoms with Gasteiger partial charge < -0.3 is 4.74 Å². The number of carbonyl (C=O) groups excluding carboxylic acids is 1. The highest BCUT2D eigenvalue weighted by atomic mass is 32.1. The third kappa shape index (κ3) is 1.93. The normalized spacial score (nSPS) is 10.8. The van der Waals surface area contributed by atoms with Crippen LogP contribution in [0.3, 0.4) is 0 Å². The number of carbonyl (C=O) groups is 1. The van der Waals surface area contributed by atoms with Gasteiger partial charge in [-0.05, 0) is 20.8 Å². The van der Waals surface area contributed by atoms with Crippen LogP contribution in [0.4, 0.5) is 0 Å². The zero-order valence-corrected chi connectivity index (χ0v) is 10.5. The van der Waals surface area contributed by atoms with Crippen LogP contribution in [0.2, 0.25) is 0 Å². The second-order valence-electron chi connectivity index (χ2n) is 3.43. The average molecular weight is 253 g/mol. The molecule has 0 spiro atoms. The molecule has 0 aromatic carbocycles. The minimum absolute atomic E-state index is 0.304. The van der Waals surface area contributed by atoms with E-state index in [1.54, 1.807) is 20.8 Å². The molecule has 0 unspecified atom stereocenters. The summed E-state index contributed by atoms with van der Waals surface area (Å²) in [5.74, 6) is -0.410. The summed E-state index contributed by atoms with van der Waals surface area (Å²) < 4.78 is 6.42. The highest BCUT2D eigenvalue weighted by Gasteiger charge is 2.18. The van der Waals surface area contributed by atoms with Gasteiger partial charge >= 0.3 is 5.97 Å². The van der Waals surface area contributed by atoms with Crippen molar-refractivity contribution in [3.63, 3.8) is 0 Å². The fraction of sp³-hybridized carbons (Fsp3) is 0.400. The Hall–Kier alpha value is -1.76. The minimum Gasteiger partial charge on any atom is -0.462 e. The predicted octanol–water partition coefficient (Wildman–Crippen LogP) is 0.945. The first-order valence-corrected chi connectivity index (χ1v) is 5.90. The Bertz CT molecular complexity index is 644. The molecule has 0 atom stereocenters. The lowest BCUT2D eigenvalue weighted by molar-refractivity contribution is 0.0530. The van der Waals surface area contributed by atoms with Crippen LogP contribution in [-0.2, 0) is 4.74 Å². The molecule has 6 nitrogen and oxygen atoms in total. The number of fused-ring (bicyclic) bond motifs is 1. The van der Waals surface area contributed by atoms with Crippen molar-refractivity contribution in [2.45, 2.75) is 20.8 Å². The van der Waals surface area contributed by atoms with Crippen LogP contribution in [0.15, 0.2) is 4.79 Å². The number of thiazole rings is 1. The Kier molecular flexibility index (Phi) is 2.93. The summed E-state index contributed by atoms with van der Waals surface area (Å²) in [5.41, 5.74) is 0.569. The van der Waals surface area contributed by atoms with Crippen molar-refractivity contribution in [3.05, 3.63) is 26.6 Å². The fourth-order valence-corrected chi connectivity index (χ4v) is 2.33. The van der Waals surface area contributed by atoms with Gasteiger partial charge in [0.1, 0.15) is 10.6 Å². The smallest absolute Gasteiger partial charge is 0.350 e. The van der Waals surface area contributed by atoms with Gasteiger partial charge in [0, 0.05) is 0 Å². The largest absolute Gasteiger partial charge is 0.462 e. The molecule has 0 aliphatic rings. The zero-order chi connectivity index (χ0) is 12.6. The summed E-state index contributed by atoms with van der Waals surface area (Å²) in [6, 6.07) is 0. The summed E-state index contributed by atoms with van der Waals surface area (Å²) in [6.45, 7) is 5.38. The van der Waals surface area contributed by atoms with Gasteiger partial charge in [-0.1, -0.05) is 11.3 Å². The first kappa shape index (κ1) is 11.7. The molecule has 0 amide bonds. The second-order valence-corrected chi connectivity index (χ2v) is 4.41. The van der Waals surface area contributed by atoms with Crippen LogP contribution < -0.4 is 5.56 Å². The van der Waals surface area contributed by atoms with Gasteiger partial charge in [0.2, 0.25) is 4.96 Å². The first-order valence-electron chi connectivity index (χ1n) is 5.08. The molecule has 90 valence electrons. The molecule has 2 rings (SSSR count). The van der Waals surface area contributed by atoms with E-state index in [0.717, 1.165) is 11.3 Å². The Morgan fingerprint density at radius 2 is 2.18 bits per heavy atom. The third-order valence-electron chi connectivity index (χ3n) is 2.24. The molecule has 0 saturated heterocycles. The van der Waals surface area contributed by atoms with Crippen LogP contribution in [-0.4, -0.2) is 27.2 Å². The fourth-order valence-electron chi connectivity index (χ4n) is 1.38. The quantitative estimate of drug-likeness (QED) is 0.745. The van der Waals surface area contributed by atoms with E-state index in [1.807, 2.05) is 0 Å². The summed E-state index contributed by atoms with van der Waals surface area (Å²) in [4.78, 5) is 27.7. The molecule has 2 aromatic rings. The van der Waals surface area contributed by atoms with Crippen molar-refractivity contribution in [3.8, 4) is 0 Å². The molecule has 2 heterocycles. The molecule has 0 saturated carbocycles. The van der Waals surface area contributed by atoms with Crippen molar-refractivity contribution >= 4 is 22.3 Å². The van der Waals surface area contributed by atoms with Crippen molar-refractivity contribution in [2.24, 2.45) is 0 Å². The number of aromatic nitrogens is 3. The number of hydrogen-bond acceptors (Lipinski definition) is 6. The average Bonchev–Trinajstić information content (AvgIpc) is 2.58. The van der Waals surface area contributed by atoms with Crippen LogP contribution in [0.1, 0.15) is 28.0 Å². The molecule has 0 N–H and O–H groups in total. The van der Waals surface area contributed by atoms with Crippen LogP contribution in [0.5, 0.6) is 0 Å². The van der Waals surface area contributed by atoms with E-state index in [4.69, 9.17) is 4.74 Å². The molecule has 2 aromatic heterocycles. The molecule has 0 radical (unpaired) electrons. The highest BCUT2D eigenvalue weighted by molar-refractivity contribution is 7.18. The molecular formula is C10H11N3O3S. The second kappa shape index (κ2) is 4.25. The van der Waals surface area contributed by atoms with Gasteiger partial charge in [0.25, 0.3) is 5.56 Å². The maximum atomic E-state index is 11.6. The van der Waals surface area contributed by atoms with Crippen molar-refractivity contribution in [1.29, 1.82) is 0 Å². The van der Waals surface area contributed by atoms with E-state index in [2.05, 4.69) is 10.1 Å². The van der Waals surface area contributed by atoms with E-state index >= 15 is 0 Å². The van der Waals surface area contributed by atoms with Gasteiger partial charge in [-0.25, -0.2) is 9.31 Å². The van der Waals surface area contributed by atoms with Crippen LogP contribution in [0.25, 0.3) is 4.96 Å². The van der Waals surface area contributed by atoms with Crippen LogP contribution >= 0.6 is 11.3 Å². The van der Waals surface area contributed by atoms with Crippen molar-refractivity contribution in [1.82, 2.24) is 14.6 Å². The number of esters is 1. The molecule has 0 aliphatic heterocycles. The highest BCUT2D eigenvalue weighted by Crippen LogP contribution is 2.20. The van der Waals surface area contributed by atoms with Gasteiger partial charge in [0.05, 0.1) is 12.3 Å². The lowest BCUT2D eigenvalue weighted by Gasteiger charge is -1.99. The molecule has 17 heavy (non-hydrogen) atoms. The maximum Gasteiger partial charge on any atom is 0.350 e. The zero-order valence-electron chi connectivity index (χ0n) is 9.68. The molecule has 0 aliphatic carbocycles.